The highest BCUT2D eigenvalue weighted by Crippen LogP contribution is 2.30. The van der Waals surface area contributed by atoms with Gasteiger partial charge in [-0.25, -0.2) is 50.0 Å². The van der Waals surface area contributed by atoms with E-state index < -0.39 is 113 Å². The number of ether oxygens (including phenoxy) is 6. The number of aliphatic hydroxyl groups excluding tert-OH is 1. The molecule has 0 spiro atoms. The second-order valence-corrected chi connectivity index (χ2v) is 22.4. The summed E-state index contributed by atoms with van der Waals surface area (Å²) >= 11 is 3.96. The highest BCUT2D eigenvalue weighted by molar-refractivity contribution is 7.80. The van der Waals surface area contributed by atoms with Crippen LogP contribution in [0.3, 0.4) is 0 Å². The number of hydroxylamine groups is 7. The Morgan fingerprint density at radius 2 is 0.972 bits per heavy atom. The number of amides is 6. The lowest BCUT2D eigenvalue weighted by molar-refractivity contribution is -0.161. The van der Waals surface area contributed by atoms with Crippen LogP contribution in [-0.4, -0.2) is 186 Å². The van der Waals surface area contributed by atoms with Gasteiger partial charge in [0.2, 0.25) is 0 Å². The Kier molecular flexibility index (Phi) is 39.5. The van der Waals surface area contributed by atoms with Crippen molar-refractivity contribution in [3.63, 3.8) is 0 Å². The van der Waals surface area contributed by atoms with Crippen LogP contribution in [-0.2, 0) is 77.6 Å². The monoisotopic (exact) mass is 1520 g/mol. The van der Waals surface area contributed by atoms with Gasteiger partial charge in [-0.05, 0) is 86.6 Å². The lowest BCUT2D eigenvalue weighted by Crippen LogP contribution is -2.56. The average molecular weight is 1520 g/mol. The molecule has 0 aromatic heterocycles. The Morgan fingerprint density at radius 1 is 0.557 bits per heavy atom. The van der Waals surface area contributed by atoms with E-state index in [2.05, 4.69) is 44.9 Å². The SMILES string of the molecule is COc1cccc(F)c1CNCC(=O)NO.COc1cccc(F)c1CN[C@@H](CN)C(=O)NO[C@H](C)C(=N)C(=O)N(O)Cc1c(F)cccc1OC.COc1cccc(F)c1C[C@](N)(CS)C(=O)NO.COc1cccc(O)c1CN[C@@H](CONC(=O)[C@@H](NCc1c(O)cccc1OC)[C@@H](C)O)C(=O)NO. The maximum Gasteiger partial charge on any atom is 0.294 e. The van der Waals surface area contributed by atoms with Crippen molar-refractivity contribution in [1.82, 2.24) is 53.7 Å². The zero-order valence-corrected chi connectivity index (χ0v) is 59.7. The molecule has 6 amide bonds. The fourth-order valence-electron chi connectivity index (χ4n) is 9.21. The minimum atomic E-state index is -1.52. The van der Waals surface area contributed by atoms with Crippen molar-refractivity contribution < 1.29 is 121 Å². The van der Waals surface area contributed by atoms with Crippen molar-refractivity contribution in [2.75, 3.05) is 68.1 Å². The van der Waals surface area contributed by atoms with Crippen LogP contribution in [0.15, 0.2) is 109 Å². The Morgan fingerprint density at radius 3 is 1.42 bits per heavy atom. The molecule has 0 saturated carbocycles. The van der Waals surface area contributed by atoms with E-state index >= 15 is 0 Å². The minimum Gasteiger partial charge on any atom is -0.507 e. The van der Waals surface area contributed by atoms with Crippen molar-refractivity contribution in [2.45, 2.75) is 88.9 Å². The van der Waals surface area contributed by atoms with Gasteiger partial charge < -0.3 is 65.8 Å². The van der Waals surface area contributed by atoms with Crippen molar-refractivity contribution in [3.05, 3.63) is 166 Å². The number of phenolic OH excluding ortho intramolecular Hbond substituents is 2. The molecule has 0 aliphatic rings. The summed E-state index contributed by atoms with van der Waals surface area (Å²) in [4.78, 5) is 81.9. The number of benzene rings is 6. The van der Waals surface area contributed by atoms with Crippen molar-refractivity contribution in [2.24, 2.45) is 11.5 Å². The molecule has 582 valence electrons. The van der Waals surface area contributed by atoms with Gasteiger partial charge in [-0.15, -0.1) is 0 Å². The Labute approximate surface area is 611 Å². The molecule has 0 aliphatic carbocycles. The first-order chi connectivity index (χ1) is 50.5. The fourth-order valence-corrected chi connectivity index (χ4v) is 9.47. The van der Waals surface area contributed by atoms with Crippen LogP contribution in [0.4, 0.5) is 17.6 Å². The van der Waals surface area contributed by atoms with E-state index in [1.807, 2.05) is 0 Å². The van der Waals surface area contributed by atoms with Crippen molar-refractivity contribution in [1.29, 1.82) is 5.41 Å². The summed E-state index contributed by atoms with van der Waals surface area (Å²) in [5.74, 6) is -5.40. The van der Waals surface area contributed by atoms with E-state index in [1.54, 1.807) is 42.5 Å². The highest BCUT2D eigenvalue weighted by Gasteiger charge is 2.35. The lowest BCUT2D eigenvalue weighted by Gasteiger charge is -2.25. The lowest BCUT2D eigenvalue weighted by atomic mass is 9.92. The molecule has 0 saturated heterocycles. The molecular weight excluding hydrogens is 1430 g/mol. The summed E-state index contributed by atoms with van der Waals surface area (Å²) in [6.07, 6.45) is -2.57. The summed E-state index contributed by atoms with van der Waals surface area (Å²) in [6.45, 7) is 1.44. The predicted octanol–water partition coefficient (Wildman–Crippen LogP) is 1.88. The number of carbonyl (C=O) groups excluding carboxylic acids is 6. The second-order valence-electron chi connectivity index (χ2n) is 22.1. The number of nitrogens with one attached hydrogen (secondary N) is 10. The highest BCUT2D eigenvalue weighted by atomic mass is 32.1. The molecular formula is C67H89F4N13O21S. The van der Waals surface area contributed by atoms with E-state index in [0.717, 1.165) is 6.07 Å². The van der Waals surface area contributed by atoms with Crippen molar-refractivity contribution >= 4 is 53.8 Å². The van der Waals surface area contributed by atoms with Gasteiger partial charge >= 0.3 is 0 Å². The largest absolute Gasteiger partial charge is 0.507 e. The first-order valence-corrected chi connectivity index (χ1v) is 32.1. The molecule has 0 unspecified atom stereocenters. The van der Waals surface area contributed by atoms with E-state index in [-0.39, 0.29) is 102 Å². The van der Waals surface area contributed by atoms with Gasteiger partial charge in [0, 0.05) is 72.7 Å². The summed E-state index contributed by atoms with van der Waals surface area (Å²) < 4.78 is 85.8. The number of nitrogens with two attached hydrogens (primary N) is 2. The molecule has 6 aromatic rings. The second kappa shape index (κ2) is 46.6. The maximum absolute atomic E-state index is 14.1. The topological polar surface area (TPSA) is 505 Å². The van der Waals surface area contributed by atoms with Crippen LogP contribution >= 0.6 is 12.6 Å². The molecule has 0 aliphatic heterocycles. The number of thiol groups is 1. The van der Waals surface area contributed by atoms with E-state index in [0.29, 0.717) is 33.9 Å². The standard InChI is InChI=1S/C23H29F2N5O6.C23H32N4O9.C11H15FN2O3S.C10H13FN2O3/c1-13(21(27)23(32)30(33)12-15-17(25)7-5-9-20(15)35-3)36-29-22(31)18(10-26)28-11-14-16(24)6-4-8-19(14)34-2;1-13(28)21(25-11-15-18(30)7-5-9-20(15)35-3)23(32)27-36-12-16(22(31)26-33)24-10-14-17(29)6-4-8-19(14)34-2;1-17-9-4-2-3-8(12)7(9)5-11(13,6-18)10(15)14-16;1-16-9-4-2-3-8(11)7(9)5-12-6-10(14)13-15/h4-9,13,18,27-28,33H,10-12,26H2,1-3H3,(H,29,31);4-9,13,16,21,24-25,28-30,33H,10-12H2,1-3H3,(H,26,31)(H,27,32);2-4,16,18H,5-6,13H2,1H3,(H,14,15);2-4,12,15H,5-6H2,1H3,(H,13,14)/t13-,18+;13-,16+,21+;11-;/m110./s1. The molecule has 0 heterocycles. The molecule has 6 aromatic carbocycles. The smallest absolute Gasteiger partial charge is 0.294 e. The van der Waals surface area contributed by atoms with Gasteiger partial charge in [0.05, 0.1) is 74.0 Å². The third-order valence-electron chi connectivity index (χ3n) is 15.1. The molecule has 21 N–H and O–H groups in total. The Balaban J connectivity index is 0.000000389. The van der Waals surface area contributed by atoms with Crippen LogP contribution in [0.5, 0.6) is 46.0 Å². The van der Waals surface area contributed by atoms with Crippen LogP contribution in [0.2, 0.25) is 0 Å². The Hall–Kier alpha value is -10.2. The fraction of sp³-hybridized carbons (Fsp3) is 0.358. The average Bonchev–Trinajstić information content (AvgIpc) is 0.826. The number of rotatable bonds is 37. The number of nitrogens with zero attached hydrogens (tertiary/aromatic N) is 1. The summed E-state index contributed by atoms with van der Waals surface area (Å²) in [7, 11) is 8.39. The molecule has 0 radical (unpaired) electrons. The van der Waals surface area contributed by atoms with Gasteiger partial charge in [-0.3, -0.25) is 75.3 Å². The minimum absolute atomic E-state index is 0.00165. The first kappa shape index (κ1) is 90.0. The van der Waals surface area contributed by atoms with Gasteiger partial charge in [-0.2, -0.15) is 12.6 Å². The quantitative estimate of drug-likeness (QED) is 0.00870. The molecule has 6 atom stereocenters. The predicted molar refractivity (Wildman–Crippen MR) is 373 cm³/mol. The molecule has 106 heavy (non-hydrogen) atoms. The Bertz CT molecular complexity index is 3840. The molecule has 34 nitrogen and oxygen atoms in total. The van der Waals surface area contributed by atoms with Crippen LogP contribution in [0.1, 0.15) is 47.2 Å². The number of aliphatic hydroxyl groups is 1. The van der Waals surface area contributed by atoms with Gasteiger partial charge in [0.1, 0.15) is 105 Å². The molecule has 0 fully saturated rings. The number of methoxy groups -OCH3 is 6. The zero-order valence-electron chi connectivity index (χ0n) is 58.8. The first-order valence-electron chi connectivity index (χ1n) is 31.5. The molecule has 0 bridgehead atoms. The number of aromatic hydroxyl groups is 2. The van der Waals surface area contributed by atoms with Gasteiger partial charge in [-0.1, -0.05) is 36.4 Å². The van der Waals surface area contributed by atoms with E-state index in [4.69, 9.17) is 70.6 Å². The third kappa shape index (κ3) is 27.3. The van der Waals surface area contributed by atoms with Crippen LogP contribution < -0.4 is 88.6 Å². The van der Waals surface area contributed by atoms with Crippen molar-refractivity contribution in [3.8, 4) is 46.0 Å². The number of hydrogen-bond donors (Lipinski definition) is 20. The number of hydrogen-bond acceptors (Lipinski definition) is 29. The maximum atomic E-state index is 14.1. The normalized spacial score (nSPS) is 12.6. The van der Waals surface area contributed by atoms with Gasteiger partial charge in [0.25, 0.3) is 35.4 Å². The summed E-state index contributed by atoms with van der Waals surface area (Å²) in [6, 6.07) is 23.2. The van der Waals surface area contributed by atoms with Gasteiger partial charge in [0.15, 0.2) is 0 Å². The van der Waals surface area contributed by atoms with Crippen LogP contribution in [0, 0.1) is 28.7 Å². The van der Waals surface area contributed by atoms with E-state index in [1.165, 1.54) is 134 Å². The third-order valence-corrected chi connectivity index (χ3v) is 15.7. The summed E-state index contributed by atoms with van der Waals surface area (Å²) in [5, 5.41) is 85.4. The molecule has 39 heteroatoms. The number of phenols is 2. The zero-order chi connectivity index (χ0) is 79.2. The number of halogens is 4. The van der Waals surface area contributed by atoms with E-state index in [9.17, 15) is 66.9 Å². The summed E-state index contributed by atoms with van der Waals surface area (Å²) in [5.41, 5.74) is 19.2. The number of carbonyl (C=O) groups is 6. The molecule has 6 rings (SSSR count). The van der Waals surface area contributed by atoms with Crippen LogP contribution in [0.25, 0.3) is 0 Å².